The number of aliphatic hydroxyl groups is 1. The fourth-order valence-corrected chi connectivity index (χ4v) is 8.40. The van der Waals surface area contributed by atoms with E-state index < -0.39 is 67.3 Å². The number of hydrogen-bond donors (Lipinski definition) is 2. The van der Waals surface area contributed by atoms with Gasteiger partial charge in [0.05, 0.1) is 45.2 Å². The molecule has 360 valence electrons. The predicted molar refractivity (Wildman–Crippen MR) is 255 cm³/mol. The Kier molecular flexibility index (Phi) is 18.2. The van der Waals surface area contributed by atoms with Crippen molar-refractivity contribution in [1.82, 2.24) is 5.32 Å². The van der Waals surface area contributed by atoms with Crippen molar-refractivity contribution >= 4 is 11.9 Å². The lowest BCUT2D eigenvalue weighted by Crippen LogP contribution is -2.67. The zero-order valence-corrected chi connectivity index (χ0v) is 38.5. The largest absolute Gasteiger partial charge is 0.459 e. The summed E-state index contributed by atoms with van der Waals surface area (Å²) in [4.78, 5) is 26.6. The third kappa shape index (κ3) is 14.2. The van der Waals surface area contributed by atoms with Crippen molar-refractivity contribution in [2.45, 2.75) is 101 Å². The zero-order valence-electron chi connectivity index (χ0n) is 38.5. The minimum Gasteiger partial charge on any atom is -0.459 e. The predicted octanol–water partition coefficient (Wildman–Crippen LogP) is 7.73. The van der Waals surface area contributed by atoms with Crippen LogP contribution >= 0.6 is 0 Å². The molecule has 2 fully saturated rings. The number of esters is 1. The van der Waals surface area contributed by atoms with Gasteiger partial charge in [0.2, 0.25) is 5.91 Å². The summed E-state index contributed by atoms with van der Waals surface area (Å²) in [6.07, 6.45) is -9.12. The van der Waals surface area contributed by atoms with Gasteiger partial charge in [-0.25, -0.2) is 4.79 Å². The van der Waals surface area contributed by atoms with Crippen LogP contribution in [0.1, 0.15) is 45.1 Å². The molecule has 2 heterocycles. The molecule has 69 heavy (non-hydrogen) atoms. The molecule has 0 aromatic heterocycles. The van der Waals surface area contributed by atoms with E-state index in [2.05, 4.69) is 5.32 Å². The molecule has 0 spiro atoms. The summed E-state index contributed by atoms with van der Waals surface area (Å²) in [6.45, 7) is 1.78. The fraction of sp³-hybridized carbons (Fsp3) is 0.321. The molecule has 2 saturated heterocycles. The number of ether oxygens (including phenoxy) is 9. The Morgan fingerprint density at radius 3 is 1.25 bits per heavy atom. The number of rotatable bonds is 22. The minimum absolute atomic E-state index is 0.147. The van der Waals surface area contributed by atoms with Crippen LogP contribution in [-0.4, -0.2) is 91.5 Å². The lowest BCUT2D eigenvalue weighted by Gasteiger charge is -2.47. The molecule has 0 radical (unpaired) electrons. The summed E-state index contributed by atoms with van der Waals surface area (Å²) < 4.78 is 59.1. The molecule has 13 heteroatoms. The van der Waals surface area contributed by atoms with Crippen LogP contribution < -0.4 is 5.32 Å². The lowest BCUT2D eigenvalue weighted by molar-refractivity contribution is -0.332. The maximum Gasteiger partial charge on any atom is 0.338 e. The highest BCUT2D eigenvalue weighted by Gasteiger charge is 2.52. The molecule has 0 bridgehead atoms. The van der Waals surface area contributed by atoms with Gasteiger partial charge < -0.3 is 53.1 Å². The van der Waals surface area contributed by atoms with E-state index >= 15 is 0 Å². The van der Waals surface area contributed by atoms with E-state index in [0.717, 1.165) is 27.8 Å². The van der Waals surface area contributed by atoms with Crippen LogP contribution in [0.3, 0.4) is 0 Å². The van der Waals surface area contributed by atoms with E-state index in [1.165, 1.54) is 6.92 Å². The number of aliphatic hydroxyl groups excluding tert-OH is 1. The van der Waals surface area contributed by atoms with Crippen molar-refractivity contribution in [3.63, 3.8) is 0 Å². The summed E-state index contributed by atoms with van der Waals surface area (Å²) in [7, 11) is 0. The molecule has 8 rings (SSSR count). The van der Waals surface area contributed by atoms with Crippen LogP contribution in [0.4, 0.5) is 0 Å². The quantitative estimate of drug-likeness (QED) is 0.0642. The highest BCUT2D eigenvalue weighted by atomic mass is 16.7. The Hall–Kier alpha value is -6.10. The van der Waals surface area contributed by atoms with E-state index in [1.807, 2.05) is 158 Å². The molecule has 1 amide bonds. The smallest absolute Gasteiger partial charge is 0.338 e. The van der Waals surface area contributed by atoms with Gasteiger partial charge in [-0.2, -0.15) is 0 Å². The summed E-state index contributed by atoms with van der Waals surface area (Å²) in [5, 5.41) is 14.9. The third-order valence-electron chi connectivity index (χ3n) is 11.9. The van der Waals surface area contributed by atoms with Crippen LogP contribution in [-0.2, 0) is 80.5 Å². The van der Waals surface area contributed by atoms with Crippen LogP contribution in [0.5, 0.6) is 0 Å². The SMILES string of the molecule is CC(=O)N[C@@H]1[C@@H](OC[C@H]2O[C@@H](O)[C@H](OCc3ccccc3)[C@@H](OCc3ccccc3)[C@@H]2OCc2ccccc2)O[C@H](COC(=O)c2ccccc2)[C@@H](OCc2ccccc2)[C@@H]1OCc1ccccc1. The number of carbonyl (C=O) groups excluding carboxylic acids is 2. The van der Waals surface area contributed by atoms with Gasteiger partial charge in [-0.3, -0.25) is 4.79 Å². The molecular formula is C56H59NO12. The number of benzene rings is 6. The molecule has 6 aromatic carbocycles. The first kappa shape index (κ1) is 49.3. The van der Waals surface area contributed by atoms with Gasteiger partial charge >= 0.3 is 5.97 Å². The van der Waals surface area contributed by atoms with Crippen LogP contribution in [0.2, 0.25) is 0 Å². The molecule has 0 aliphatic carbocycles. The Bertz CT molecular complexity index is 2420. The van der Waals surface area contributed by atoms with Crippen LogP contribution in [0.25, 0.3) is 0 Å². The average Bonchev–Trinajstić information content (AvgIpc) is 3.39. The van der Waals surface area contributed by atoms with E-state index in [4.69, 9.17) is 42.6 Å². The number of hydrogen-bond acceptors (Lipinski definition) is 12. The molecule has 13 nitrogen and oxygen atoms in total. The van der Waals surface area contributed by atoms with Crippen LogP contribution in [0, 0.1) is 0 Å². The van der Waals surface area contributed by atoms with Gasteiger partial charge in [-0.15, -0.1) is 0 Å². The Labute approximate surface area is 403 Å². The second-order valence-electron chi connectivity index (χ2n) is 16.9. The van der Waals surface area contributed by atoms with E-state index in [9.17, 15) is 14.7 Å². The van der Waals surface area contributed by atoms with E-state index in [1.54, 1.807) is 24.3 Å². The average molecular weight is 938 g/mol. The normalized spacial score (nSPS) is 24.6. The lowest BCUT2D eigenvalue weighted by atomic mass is 9.95. The van der Waals surface area contributed by atoms with Crippen LogP contribution in [0.15, 0.2) is 182 Å². The van der Waals surface area contributed by atoms with Crippen molar-refractivity contribution in [1.29, 1.82) is 0 Å². The Morgan fingerprint density at radius 2 is 0.812 bits per heavy atom. The standard InChI is InChI=1S/C56H59NO12/c1-39(58)57-48-51(63-34-42-24-12-4-13-25-42)49(61-32-40-20-8-2-9-21-40)47(37-66-54(59)45-30-18-7-19-31-45)69-56(48)67-38-46-50(62-33-41-22-10-3-11-23-41)52(64-35-43-26-14-5-15-27-43)53(55(60)68-46)65-36-44-28-16-6-17-29-44/h2-31,46-53,55-56,60H,32-38H2,1H3,(H,57,58)/t46-,47-,48+,49-,50-,51-,52+,53-,55-,56+/m1/s1. The molecular weight excluding hydrogens is 879 g/mol. The van der Waals surface area contributed by atoms with Crippen molar-refractivity contribution < 1.29 is 57.3 Å². The second kappa shape index (κ2) is 25.5. The third-order valence-corrected chi connectivity index (χ3v) is 11.9. The number of carbonyl (C=O) groups is 2. The molecule has 0 saturated carbocycles. The van der Waals surface area contributed by atoms with Crippen molar-refractivity contribution in [2.75, 3.05) is 13.2 Å². The minimum atomic E-state index is -1.47. The maximum atomic E-state index is 13.4. The van der Waals surface area contributed by atoms with Gasteiger partial charge in [0.1, 0.15) is 55.4 Å². The number of amides is 1. The molecule has 2 N–H and O–H groups in total. The highest BCUT2D eigenvalue weighted by molar-refractivity contribution is 5.89. The summed E-state index contributed by atoms with van der Waals surface area (Å²) in [6, 6.07) is 56.0. The molecule has 6 aromatic rings. The molecule has 0 unspecified atom stereocenters. The van der Waals surface area contributed by atoms with Gasteiger partial charge in [-0.05, 0) is 39.9 Å². The molecule has 10 atom stereocenters. The molecule has 2 aliphatic heterocycles. The highest BCUT2D eigenvalue weighted by Crippen LogP contribution is 2.33. The Morgan fingerprint density at radius 1 is 0.449 bits per heavy atom. The van der Waals surface area contributed by atoms with Crippen molar-refractivity contribution in [3.05, 3.63) is 215 Å². The van der Waals surface area contributed by atoms with Gasteiger partial charge in [0.15, 0.2) is 12.6 Å². The zero-order chi connectivity index (χ0) is 47.6. The first-order chi connectivity index (χ1) is 33.9. The summed E-state index contributed by atoms with van der Waals surface area (Å²) in [5.74, 6) is -0.930. The number of nitrogens with one attached hydrogen (secondary N) is 1. The molecule has 2 aliphatic rings. The van der Waals surface area contributed by atoms with Crippen molar-refractivity contribution in [3.8, 4) is 0 Å². The maximum absolute atomic E-state index is 13.4. The first-order valence-corrected chi connectivity index (χ1v) is 23.3. The topological polar surface area (TPSA) is 149 Å². The summed E-state index contributed by atoms with van der Waals surface area (Å²) >= 11 is 0. The van der Waals surface area contributed by atoms with E-state index in [-0.39, 0.29) is 52.2 Å². The van der Waals surface area contributed by atoms with Gasteiger partial charge in [0, 0.05) is 6.92 Å². The second-order valence-corrected chi connectivity index (χ2v) is 16.9. The monoisotopic (exact) mass is 937 g/mol. The van der Waals surface area contributed by atoms with Gasteiger partial charge in [0.25, 0.3) is 0 Å². The summed E-state index contributed by atoms with van der Waals surface area (Å²) in [5.41, 5.74) is 4.84. The Balaban J connectivity index is 1.11. The van der Waals surface area contributed by atoms with Crippen molar-refractivity contribution in [2.24, 2.45) is 0 Å². The van der Waals surface area contributed by atoms with E-state index in [0.29, 0.717) is 5.56 Å². The van der Waals surface area contributed by atoms with Gasteiger partial charge in [-0.1, -0.05) is 170 Å². The first-order valence-electron chi connectivity index (χ1n) is 23.3. The fourth-order valence-electron chi connectivity index (χ4n) is 8.40.